The number of hydrogen-bond acceptors (Lipinski definition) is 6. The third kappa shape index (κ3) is 3.72. The molecule has 0 radical (unpaired) electrons. The lowest BCUT2D eigenvalue weighted by Gasteiger charge is -2.03. The fourth-order valence-corrected chi connectivity index (χ4v) is 2.28. The molecule has 7 heteroatoms. The number of non-ortho nitro benzene ring substituents is 1. The normalized spacial score (nSPS) is 15.0. The highest BCUT2D eigenvalue weighted by Crippen LogP contribution is 2.22. The van der Waals surface area contributed by atoms with E-state index in [0.29, 0.717) is 23.5 Å². The number of hydrogen-bond donors (Lipinski definition) is 0. The molecule has 0 aliphatic carbocycles. The van der Waals surface area contributed by atoms with Crippen molar-refractivity contribution in [3.8, 4) is 5.75 Å². The number of nitro groups is 1. The second kappa shape index (κ2) is 6.96. The van der Waals surface area contributed by atoms with Crippen molar-refractivity contribution in [1.29, 1.82) is 0 Å². The summed E-state index contributed by atoms with van der Waals surface area (Å²) in [6, 6.07) is 12.9. The van der Waals surface area contributed by atoms with Crippen LogP contribution in [-0.4, -0.2) is 23.4 Å². The van der Waals surface area contributed by atoms with Crippen molar-refractivity contribution in [3.05, 3.63) is 75.5 Å². The molecule has 2 aromatic rings. The van der Waals surface area contributed by atoms with Crippen molar-refractivity contribution in [1.82, 2.24) is 0 Å². The van der Waals surface area contributed by atoms with Gasteiger partial charge in [-0.2, -0.15) is 0 Å². The number of cyclic esters (lactones) is 1. The molecule has 0 amide bonds. The maximum absolute atomic E-state index is 12.0. The predicted octanol–water partition coefficient (Wildman–Crippen LogP) is 3.34. The van der Waals surface area contributed by atoms with Crippen molar-refractivity contribution in [2.24, 2.45) is 4.99 Å². The van der Waals surface area contributed by atoms with Crippen LogP contribution in [0, 0.1) is 10.1 Å². The van der Waals surface area contributed by atoms with Crippen molar-refractivity contribution in [2.45, 2.75) is 6.92 Å². The number of ether oxygens (including phenoxy) is 2. The number of rotatable bonds is 5. The van der Waals surface area contributed by atoms with E-state index in [9.17, 15) is 14.9 Å². The van der Waals surface area contributed by atoms with Gasteiger partial charge in [0.15, 0.2) is 5.70 Å². The second-order valence-corrected chi connectivity index (χ2v) is 5.15. The van der Waals surface area contributed by atoms with E-state index in [1.165, 1.54) is 18.2 Å². The maximum atomic E-state index is 12.0. The summed E-state index contributed by atoms with van der Waals surface area (Å²) in [4.78, 5) is 26.5. The van der Waals surface area contributed by atoms with Crippen LogP contribution in [0.5, 0.6) is 5.75 Å². The van der Waals surface area contributed by atoms with Crippen LogP contribution >= 0.6 is 0 Å². The number of benzene rings is 2. The van der Waals surface area contributed by atoms with Gasteiger partial charge < -0.3 is 9.47 Å². The first-order chi connectivity index (χ1) is 12.1. The van der Waals surface area contributed by atoms with Gasteiger partial charge in [0.25, 0.3) is 5.69 Å². The van der Waals surface area contributed by atoms with Crippen LogP contribution in [-0.2, 0) is 9.53 Å². The van der Waals surface area contributed by atoms with Gasteiger partial charge in [-0.1, -0.05) is 12.1 Å². The molecule has 1 aliphatic rings. The molecule has 0 bridgehead atoms. The van der Waals surface area contributed by atoms with Crippen LogP contribution in [0.15, 0.2) is 59.2 Å². The minimum Gasteiger partial charge on any atom is -0.494 e. The summed E-state index contributed by atoms with van der Waals surface area (Å²) in [6.07, 6.45) is 1.46. The zero-order valence-electron chi connectivity index (χ0n) is 13.3. The molecule has 0 spiro atoms. The highest BCUT2D eigenvalue weighted by Gasteiger charge is 2.24. The van der Waals surface area contributed by atoms with E-state index in [1.54, 1.807) is 36.4 Å². The molecule has 0 N–H and O–H groups in total. The first-order valence-corrected chi connectivity index (χ1v) is 7.57. The molecule has 3 rings (SSSR count). The van der Waals surface area contributed by atoms with E-state index >= 15 is 0 Å². The Hall–Kier alpha value is -3.48. The average molecular weight is 338 g/mol. The molecular weight excluding hydrogens is 324 g/mol. The Morgan fingerprint density at radius 3 is 2.68 bits per heavy atom. The minimum atomic E-state index is -0.601. The summed E-state index contributed by atoms with van der Waals surface area (Å²) in [7, 11) is 0. The van der Waals surface area contributed by atoms with Gasteiger partial charge in [0.1, 0.15) is 5.75 Å². The largest absolute Gasteiger partial charge is 0.494 e. The van der Waals surface area contributed by atoms with Gasteiger partial charge in [-0.05, 0) is 42.8 Å². The molecule has 1 aliphatic heterocycles. The molecule has 0 aromatic heterocycles. The van der Waals surface area contributed by atoms with Crippen LogP contribution < -0.4 is 4.74 Å². The molecule has 0 unspecified atom stereocenters. The number of carbonyl (C=O) groups excluding carboxylic acids is 1. The quantitative estimate of drug-likeness (QED) is 0.361. The van der Waals surface area contributed by atoms with Crippen LogP contribution in [0.4, 0.5) is 5.69 Å². The topological polar surface area (TPSA) is 91.0 Å². The van der Waals surface area contributed by atoms with Crippen LogP contribution in [0.3, 0.4) is 0 Å². The summed E-state index contributed by atoms with van der Waals surface area (Å²) >= 11 is 0. The molecular formula is C18H14N2O5. The lowest BCUT2D eigenvalue weighted by atomic mass is 10.1. The minimum absolute atomic E-state index is 0.0589. The van der Waals surface area contributed by atoms with Gasteiger partial charge in [0.05, 0.1) is 11.5 Å². The first kappa shape index (κ1) is 16.4. The standard InChI is InChI=1S/C18H14N2O5/c1-2-24-15-8-6-13(7-9-15)17-19-16(18(21)25-17)11-12-4-3-5-14(10-12)20(22)23/h3-11H,2H2,1H3/b16-11+. The van der Waals surface area contributed by atoms with Crippen LogP contribution in [0.1, 0.15) is 18.1 Å². The number of esters is 1. The summed E-state index contributed by atoms with van der Waals surface area (Å²) in [5.41, 5.74) is 1.16. The summed E-state index contributed by atoms with van der Waals surface area (Å²) < 4.78 is 10.5. The zero-order chi connectivity index (χ0) is 17.8. The Labute approximate surface area is 143 Å². The van der Waals surface area contributed by atoms with Crippen LogP contribution in [0.2, 0.25) is 0 Å². The molecule has 0 saturated heterocycles. The maximum Gasteiger partial charge on any atom is 0.363 e. The second-order valence-electron chi connectivity index (χ2n) is 5.15. The number of aliphatic imine (C=N–C) groups is 1. The fraction of sp³-hybridized carbons (Fsp3) is 0.111. The summed E-state index contributed by atoms with van der Waals surface area (Å²) in [6.45, 7) is 2.45. The van der Waals surface area contributed by atoms with E-state index in [-0.39, 0.29) is 17.3 Å². The summed E-state index contributed by atoms with van der Waals surface area (Å²) in [5, 5.41) is 10.8. The van der Waals surface area contributed by atoms with Gasteiger partial charge >= 0.3 is 5.97 Å². The van der Waals surface area contributed by atoms with Crippen LogP contribution in [0.25, 0.3) is 6.08 Å². The van der Waals surface area contributed by atoms with E-state index < -0.39 is 10.9 Å². The first-order valence-electron chi connectivity index (χ1n) is 7.57. The third-order valence-corrected chi connectivity index (χ3v) is 3.42. The van der Waals surface area contributed by atoms with Gasteiger partial charge in [-0.25, -0.2) is 9.79 Å². The Kier molecular flexibility index (Phi) is 4.56. The Balaban J connectivity index is 1.87. The molecule has 7 nitrogen and oxygen atoms in total. The van der Waals surface area contributed by atoms with Crippen molar-refractivity contribution in [3.63, 3.8) is 0 Å². The Morgan fingerprint density at radius 1 is 1.24 bits per heavy atom. The molecule has 126 valence electrons. The van der Waals surface area contributed by atoms with Gasteiger partial charge in [0, 0.05) is 17.7 Å². The molecule has 2 aromatic carbocycles. The molecule has 25 heavy (non-hydrogen) atoms. The summed E-state index contributed by atoms with van der Waals surface area (Å²) in [5.74, 6) is 0.295. The SMILES string of the molecule is CCOc1ccc(C2=N/C(=C/c3cccc([N+](=O)[O-])c3)C(=O)O2)cc1. The third-order valence-electron chi connectivity index (χ3n) is 3.42. The average Bonchev–Trinajstić information content (AvgIpc) is 2.97. The highest BCUT2D eigenvalue weighted by atomic mass is 16.6. The molecule has 0 atom stereocenters. The van der Waals surface area contributed by atoms with E-state index in [1.807, 2.05) is 6.92 Å². The van der Waals surface area contributed by atoms with E-state index in [2.05, 4.69) is 4.99 Å². The number of nitro benzene ring substituents is 1. The lowest BCUT2D eigenvalue weighted by molar-refractivity contribution is -0.384. The van der Waals surface area contributed by atoms with E-state index in [4.69, 9.17) is 9.47 Å². The highest BCUT2D eigenvalue weighted by molar-refractivity contribution is 6.12. The molecule has 0 fully saturated rings. The zero-order valence-corrected chi connectivity index (χ0v) is 13.3. The smallest absolute Gasteiger partial charge is 0.363 e. The van der Waals surface area contributed by atoms with Crippen molar-refractivity contribution >= 4 is 23.6 Å². The number of carbonyl (C=O) groups is 1. The van der Waals surface area contributed by atoms with Crippen molar-refractivity contribution in [2.75, 3.05) is 6.61 Å². The monoisotopic (exact) mass is 338 g/mol. The van der Waals surface area contributed by atoms with Crippen molar-refractivity contribution < 1.29 is 19.2 Å². The molecule has 0 saturated carbocycles. The van der Waals surface area contributed by atoms with E-state index in [0.717, 1.165) is 0 Å². The fourth-order valence-electron chi connectivity index (χ4n) is 2.28. The Morgan fingerprint density at radius 2 is 2.00 bits per heavy atom. The Bertz CT molecular complexity index is 885. The predicted molar refractivity (Wildman–Crippen MR) is 91.3 cm³/mol. The van der Waals surface area contributed by atoms with Gasteiger partial charge in [0.2, 0.25) is 5.90 Å². The number of nitrogens with zero attached hydrogens (tertiary/aromatic N) is 2. The van der Waals surface area contributed by atoms with Gasteiger partial charge in [-0.3, -0.25) is 10.1 Å². The lowest BCUT2D eigenvalue weighted by Crippen LogP contribution is -2.05. The molecule has 1 heterocycles. The van der Waals surface area contributed by atoms with Gasteiger partial charge in [-0.15, -0.1) is 0 Å².